The number of pyridine rings is 2. The summed E-state index contributed by atoms with van der Waals surface area (Å²) in [5, 5.41) is 13.8. The summed E-state index contributed by atoms with van der Waals surface area (Å²) < 4.78 is 17.0. The van der Waals surface area contributed by atoms with E-state index in [1.807, 2.05) is 6.07 Å². The van der Waals surface area contributed by atoms with E-state index < -0.39 is 5.97 Å². The molecule has 13 heteroatoms. The number of rotatable bonds is 9. The molecule has 1 amide bonds. The number of likely N-dealkylation sites (N-methyl/N-ethyl adjacent to an activating group) is 1. The number of carbonyl (C=O) groups is 2. The van der Waals surface area contributed by atoms with Crippen LogP contribution in [0.4, 0.5) is 11.8 Å². The molecule has 1 saturated carbocycles. The van der Waals surface area contributed by atoms with Crippen molar-refractivity contribution in [3.05, 3.63) is 36.3 Å². The Balaban J connectivity index is 1.19. The van der Waals surface area contributed by atoms with E-state index in [1.54, 1.807) is 26.4 Å². The number of nitrogens with zero attached hydrogens (tertiary/aromatic N) is 6. The van der Waals surface area contributed by atoms with E-state index in [2.05, 4.69) is 30.2 Å². The Bertz CT molecular complexity index is 1340. The van der Waals surface area contributed by atoms with Gasteiger partial charge in [-0.15, -0.1) is 0 Å². The molecule has 2 N–H and O–H groups in total. The Labute approximate surface area is 231 Å². The van der Waals surface area contributed by atoms with Crippen LogP contribution in [-0.4, -0.2) is 101 Å². The van der Waals surface area contributed by atoms with E-state index in [0.29, 0.717) is 35.8 Å². The normalized spacial score (nSPS) is 19.2. The number of fused-ring (bicyclic) bond motifs is 1. The second kappa shape index (κ2) is 12.3. The minimum Gasteiger partial charge on any atom is -0.481 e. The number of ether oxygens (including phenoxy) is 3. The van der Waals surface area contributed by atoms with Crippen molar-refractivity contribution in [2.24, 2.45) is 0 Å². The highest BCUT2D eigenvalue weighted by Gasteiger charge is 2.26. The number of hydrogen-bond acceptors (Lipinski definition) is 11. The number of amides is 1. The van der Waals surface area contributed by atoms with Crippen LogP contribution in [0, 0.1) is 0 Å². The first-order valence-corrected chi connectivity index (χ1v) is 13.3. The molecule has 4 heterocycles. The summed E-state index contributed by atoms with van der Waals surface area (Å²) in [5.74, 6) is 0.570. The average molecular weight is 552 g/mol. The van der Waals surface area contributed by atoms with Gasteiger partial charge in [-0.1, -0.05) is 0 Å². The molecular formula is C27H33N7O6. The second-order valence-corrected chi connectivity index (χ2v) is 10.0. The largest absolute Gasteiger partial charge is 0.481 e. The van der Waals surface area contributed by atoms with Crippen molar-refractivity contribution in [2.45, 2.75) is 37.8 Å². The second-order valence-electron chi connectivity index (χ2n) is 10.0. The van der Waals surface area contributed by atoms with Crippen LogP contribution < -0.4 is 19.7 Å². The zero-order chi connectivity index (χ0) is 28.1. The fraction of sp³-hybridized carbons (Fsp3) is 0.481. The van der Waals surface area contributed by atoms with E-state index in [-0.39, 0.29) is 36.1 Å². The van der Waals surface area contributed by atoms with Gasteiger partial charge in [-0.2, -0.15) is 0 Å². The van der Waals surface area contributed by atoms with Crippen molar-refractivity contribution in [3.8, 4) is 11.6 Å². The van der Waals surface area contributed by atoms with E-state index in [0.717, 1.165) is 44.6 Å². The van der Waals surface area contributed by atoms with E-state index in [4.69, 9.17) is 14.2 Å². The Morgan fingerprint density at radius 3 is 2.48 bits per heavy atom. The van der Waals surface area contributed by atoms with E-state index in [9.17, 15) is 14.7 Å². The number of aromatic carboxylic acids is 1. The molecule has 0 aromatic carbocycles. The zero-order valence-electron chi connectivity index (χ0n) is 22.6. The van der Waals surface area contributed by atoms with Crippen molar-refractivity contribution in [3.63, 3.8) is 0 Å². The maximum atomic E-state index is 12.0. The Kier molecular flexibility index (Phi) is 8.39. The van der Waals surface area contributed by atoms with Crippen molar-refractivity contribution in [1.29, 1.82) is 0 Å². The quantitative estimate of drug-likeness (QED) is 0.401. The lowest BCUT2D eigenvalue weighted by atomic mass is 9.93. The predicted octanol–water partition coefficient (Wildman–Crippen LogP) is 2.22. The van der Waals surface area contributed by atoms with Crippen LogP contribution >= 0.6 is 0 Å². The lowest BCUT2D eigenvalue weighted by molar-refractivity contribution is -0.130. The smallest absolute Gasteiger partial charge is 0.341 e. The molecule has 0 spiro atoms. The number of carboxylic acid groups (broad SMARTS) is 1. The summed E-state index contributed by atoms with van der Waals surface area (Å²) in [6, 6.07) is 3.59. The average Bonchev–Trinajstić information content (AvgIpc) is 2.97. The standard InChI is InChI=1S/C27H33N7O6/c1-33(2)24(35)16-39-20-14-29-27(30-15-20)31-18-3-5-19(6-4-18)40-25-21(26(36)37)11-17-13-28-23(12-22(17)32-25)34-7-9-38-10-8-34/h11-15,18-19H,3-10,16H2,1-2H3,(H,36,37)(H,29,30,31). The molecule has 0 radical (unpaired) electrons. The summed E-state index contributed by atoms with van der Waals surface area (Å²) in [5.41, 5.74) is 0.666. The summed E-state index contributed by atoms with van der Waals surface area (Å²) >= 11 is 0. The van der Waals surface area contributed by atoms with Crippen LogP contribution in [0.3, 0.4) is 0 Å². The lowest BCUT2D eigenvalue weighted by Crippen LogP contribution is -2.36. The van der Waals surface area contributed by atoms with Gasteiger partial charge in [0.15, 0.2) is 12.4 Å². The van der Waals surface area contributed by atoms with Gasteiger partial charge in [-0.05, 0) is 31.7 Å². The van der Waals surface area contributed by atoms with Crippen molar-refractivity contribution in [1.82, 2.24) is 24.8 Å². The highest BCUT2D eigenvalue weighted by molar-refractivity contribution is 5.95. The minimum absolute atomic E-state index is 0.0247. The summed E-state index contributed by atoms with van der Waals surface area (Å²) in [6.07, 6.45) is 7.60. The van der Waals surface area contributed by atoms with Crippen molar-refractivity contribution < 1.29 is 28.9 Å². The molecular weight excluding hydrogens is 518 g/mol. The molecule has 3 aromatic rings. The highest BCUT2D eigenvalue weighted by Crippen LogP contribution is 2.29. The molecule has 2 aliphatic rings. The maximum absolute atomic E-state index is 12.0. The summed E-state index contributed by atoms with van der Waals surface area (Å²) in [4.78, 5) is 44.9. The summed E-state index contributed by atoms with van der Waals surface area (Å²) in [6.45, 7) is 2.69. The number of anilines is 2. The van der Waals surface area contributed by atoms with Crippen LogP contribution in [0.1, 0.15) is 36.0 Å². The lowest BCUT2D eigenvalue weighted by Gasteiger charge is -2.29. The van der Waals surface area contributed by atoms with Crippen LogP contribution in [0.5, 0.6) is 11.6 Å². The predicted molar refractivity (Wildman–Crippen MR) is 146 cm³/mol. The Morgan fingerprint density at radius 1 is 1.07 bits per heavy atom. The number of hydrogen-bond donors (Lipinski definition) is 2. The van der Waals surface area contributed by atoms with E-state index >= 15 is 0 Å². The first-order chi connectivity index (χ1) is 19.4. The molecule has 1 aliphatic carbocycles. The molecule has 2 fully saturated rings. The molecule has 3 aromatic heterocycles. The number of morpholine rings is 1. The Morgan fingerprint density at radius 2 is 1.80 bits per heavy atom. The number of carboxylic acids is 1. The van der Waals surface area contributed by atoms with Gasteiger partial charge in [0.2, 0.25) is 11.8 Å². The van der Waals surface area contributed by atoms with Gasteiger partial charge in [0.25, 0.3) is 5.91 Å². The van der Waals surface area contributed by atoms with Crippen LogP contribution in [0.2, 0.25) is 0 Å². The third kappa shape index (κ3) is 6.65. The third-order valence-corrected chi connectivity index (χ3v) is 6.99. The minimum atomic E-state index is -1.09. The third-order valence-electron chi connectivity index (χ3n) is 6.99. The van der Waals surface area contributed by atoms with Gasteiger partial charge < -0.3 is 34.4 Å². The topological polar surface area (TPSA) is 152 Å². The zero-order valence-corrected chi connectivity index (χ0v) is 22.6. The summed E-state index contributed by atoms with van der Waals surface area (Å²) in [7, 11) is 3.33. The van der Waals surface area contributed by atoms with Crippen molar-refractivity contribution in [2.75, 3.05) is 57.2 Å². The fourth-order valence-corrected chi connectivity index (χ4v) is 4.65. The Hall–Kier alpha value is -4.26. The highest BCUT2D eigenvalue weighted by atomic mass is 16.5. The molecule has 212 valence electrons. The van der Waals surface area contributed by atoms with Crippen LogP contribution in [-0.2, 0) is 9.53 Å². The number of carbonyl (C=O) groups excluding carboxylic acids is 1. The SMILES string of the molecule is CN(C)C(=O)COc1cnc(NC2CCC(Oc3nc4cc(N5CCOCC5)ncc4cc3C(=O)O)CC2)nc1. The molecule has 1 saturated heterocycles. The van der Waals surface area contributed by atoms with Gasteiger partial charge in [0, 0.05) is 50.9 Å². The van der Waals surface area contributed by atoms with Gasteiger partial charge in [0.05, 0.1) is 31.1 Å². The molecule has 1 aliphatic heterocycles. The molecule has 5 rings (SSSR count). The fourth-order valence-electron chi connectivity index (χ4n) is 4.65. The monoisotopic (exact) mass is 551 g/mol. The number of aromatic nitrogens is 4. The van der Waals surface area contributed by atoms with E-state index in [1.165, 1.54) is 17.3 Å². The molecule has 0 unspecified atom stereocenters. The molecule has 0 bridgehead atoms. The first kappa shape index (κ1) is 27.3. The molecule has 13 nitrogen and oxygen atoms in total. The maximum Gasteiger partial charge on any atom is 0.341 e. The van der Waals surface area contributed by atoms with Crippen LogP contribution in [0.15, 0.2) is 30.7 Å². The van der Waals surface area contributed by atoms with Gasteiger partial charge in [-0.25, -0.2) is 24.7 Å². The van der Waals surface area contributed by atoms with Crippen molar-refractivity contribution >= 4 is 34.5 Å². The first-order valence-electron chi connectivity index (χ1n) is 13.3. The van der Waals surface area contributed by atoms with Gasteiger partial charge in [0.1, 0.15) is 17.5 Å². The molecule has 0 atom stereocenters. The van der Waals surface area contributed by atoms with Gasteiger partial charge >= 0.3 is 5.97 Å². The molecule has 40 heavy (non-hydrogen) atoms. The number of nitrogens with one attached hydrogen (secondary N) is 1. The van der Waals surface area contributed by atoms with Crippen LogP contribution in [0.25, 0.3) is 10.9 Å². The van der Waals surface area contributed by atoms with Gasteiger partial charge in [-0.3, -0.25) is 4.79 Å².